The molecule has 0 unspecified atom stereocenters. The molecular weight excluding hydrogens is 350 g/mol. The van der Waals surface area contributed by atoms with E-state index < -0.39 is 26.6 Å². The van der Waals surface area contributed by atoms with Crippen LogP contribution in [0.4, 0.5) is 8.78 Å². The molecular formula is C17H14F2N2O3S. The van der Waals surface area contributed by atoms with E-state index in [-0.39, 0.29) is 13.1 Å². The first-order chi connectivity index (χ1) is 12.0. The van der Waals surface area contributed by atoms with Gasteiger partial charge >= 0.3 is 0 Å². The first-order valence-corrected chi connectivity index (χ1v) is 8.78. The molecule has 0 amide bonds. The van der Waals surface area contributed by atoms with Crippen LogP contribution in [0.5, 0.6) is 0 Å². The van der Waals surface area contributed by atoms with Crippen molar-refractivity contribution in [3.8, 4) is 0 Å². The van der Waals surface area contributed by atoms with E-state index in [0.29, 0.717) is 17.5 Å². The second kappa shape index (κ2) is 7.12. The van der Waals surface area contributed by atoms with Gasteiger partial charge in [0.05, 0.1) is 25.0 Å². The van der Waals surface area contributed by atoms with Crippen LogP contribution in [0.15, 0.2) is 70.3 Å². The molecule has 0 aliphatic carbocycles. The molecule has 0 aliphatic rings. The SMILES string of the molecule is O=S(=O)(c1cc(F)ccc1F)N(Cc1ccccn1)Cc1ccco1. The third kappa shape index (κ3) is 3.92. The van der Waals surface area contributed by atoms with Crippen LogP contribution in [0.2, 0.25) is 0 Å². The number of sulfonamides is 1. The van der Waals surface area contributed by atoms with Gasteiger partial charge in [-0.25, -0.2) is 17.2 Å². The van der Waals surface area contributed by atoms with Gasteiger partial charge in [0.15, 0.2) is 0 Å². The predicted octanol–water partition coefficient (Wildman–Crippen LogP) is 3.34. The summed E-state index contributed by atoms with van der Waals surface area (Å²) in [4.78, 5) is 3.36. The molecule has 0 radical (unpaired) electrons. The molecule has 0 fully saturated rings. The minimum Gasteiger partial charge on any atom is -0.468 e. The molecule has 0 aliphatic heterocycles. The van der Waals surface area contributed by atoms with Crippen LogP contribution in [-0.4, -0.2) is 17.7 Å². The molecule has 0 saturated carbocycles. The summed E-state index contributed by atoms with van der Waals surface area (Å²) in [7, 11) is -4.31. The average molecular weight is 364 g/mol. The Morgan fingerprint density at radius 3 is 2.56 bits per heavy atom. The zero-order chi connectivity index (χ0) is 17.9. The van der Waals surface area contributed by atoms with E-state index in [4.69, 9.17) is 4.42 Å². The highest BCUT2D eigenvalue weighted by Crippen LogP contribution is 2.24. The zero-order valence-corrected chi connectivity index (χ0v) is 13.8. The van der Waals surface area contributed by atoms with Crippen molar-refractivity contribution in [1.29, 1.82) is 0 Å². The fourth-order valence-electron chi connectivity index (χ4n) is 2.29. The zero-order valence-electron chi connectivity index (χ0n) is 13.0. The number of hydrogen-bond donors (Lipinski definition) is 0. The number of nitrogens with zero attached hydrogens (tertiary/aromatic N) is 2. The molecule has 3 aromatic rings. The fourth-order valence-corrected chi connectivity index (χ4v) is 3.74. The summed E-state index contributed by atoms with van der Waals surface area (Å²) >= 11 is 0. The van der Waals surface area contributed by atoms with E-state index >= 15 is 0 Å². The highest BCUT2D eigenvalue weighted by atomic mass is 32.2. The first kappa shape index (κ1) is 17.2. The van der Waals surface area contributed by atoms with E-state index in [9.17, 15) is 17.2 Å². The summed E-state index contributed by atoms with van der Waals surface area (Å²) in [5.41, 5.74) is 0.467. The Balaban J connectivity index is 2.01. The van der Waals surface area contributed by atoms with Crippen molar-refractivity contribution in [2.75, 3.05) is 0 Å². The molecule has 130 valence electrons. The van der Waals surface area contributed by atoms with Gasteiger partial charge in [0.2, 0.25) is 10.0 Å². The van der Waals surface area contributed by atoms with Crippen LogP contribution < -0.4 is 0 Å². The summed E-state index contributed by atoms with van der Waals surface area (Å²) in [5, 5.41) is 0. The summed E-state index contributed by atoms with van der Waals surface area (Å²) in [6.07, 6.45) is 2.93. The molecule has 8 heteroatoms. The second-order valence-corrected chi connectivity index (χ2v) is 7.15. The molecule has 0 atom stereocenters. The highest BCUT2D eigenvalue weighted by molar-refractivity contribution is 7.89. The van der Waals surface area contributed by atoms with Gasteiger partial charge in [-0.05, 0) is 42.5 Å². The summed E-state index contributed by atoms with van der Waals surface area (Å²) in [6.45, 7) is -0.248. The predicted molar refractivity (Wildman–Crippen MR) is 85.7 cm³/mol. The van der Waals surface area contributed by atoms with Gasteiger partial charge in [0.25, 0.3) is 0 Å². The number of hydrogen-bond acceptors (Lipinski definition) is 4. The maximum Gasteiger partial charge on any atom is 0.246 e. The van der Waals surface area contributed by atoms with Crippen molar-refractivity contribution >= 4 is 10.0 Å². The lowest BCUT2D eigenvalue weighted by molar-refractivity contribution is 0.353. The van der Waals surface area contributed by atoms with Crippen molar-refractivity contribution in [2.45, 2.75) is 18.0 Å². The van der Waals surface area contributed by atoms with Crippen LogP contribution in [0, 0.1) is 11.6 Å². The number of halogens is 2. The Labute approximate surface area is 143 Å². The highest BCUT2D eigenvalue weighted by Gasteiger charge is 2.29. The minimum atomic E-state index is -4.31. The van der Waals surface area contributed by atoms with Gasteiger partial charge < -0.3 is 4.42 Å². The Hall–Kier alpha value is -2.58. The van der Waals surface area contributed by atoms with Crippen LogP contribution in [0.1, 0.15) is 11.5 Å². The fraction of sp³-hybridized carbons (Fsp3) is 0.118. The Kier molecular flexibility index (Phi) is 4.91. The Morgan fingerprint density at radius 2 is 1.88 bits per heavy atom. The van der Waals surface area contributed by atoms with Crippen molar-refractivity contribution in [3.05, 3.63) is 84.1 Å². The van der Waals surface area contributed by atoms with E-state index in [0.717, 1.165) is 16.4 Å². The van der Waals surface area contributed by atoms with Gasteiger partial charge in [-0.3, -0.25) is 4.98 Å². The van der Waals surface area contributed by atoms with E-state index in [2.05, 4.69) is 4.98 Å². The van der Waals surface area contributed by atoms with Gasteiger partial charge in [-0.2, -0.15) is 4.31 Å². The van der Waals surface area contributed by atoms with Crippen molar-refractivity contribution in [1.82, 2.24) is 9.29 Å². The topological polar surface area (TPSA) is 63.4 Å². The molecule has 2 aromatic heterocycles. The van der Waals surface area contributed by atoms with Gasteiger partial charge in [0.1, 0.15) is 22.3 Å². The Morgan fingerprint density at radius 1 is 1.04 bits per heavy atom. The number of furan rings is 1. The maximum absolute atomic E-state index is 14.0. The van der Waals surface area contributed by atoms with Crippen molar-refractivity contribution in [2.24, 2.45) is 0 Å². The molecule has 0 saturated heterocycles. The summed E-state index contributed by atoms with van der Waals surface area (Å²) in [5.74, 6) is -1.49. The molecule has 1 aromatic carbocycles. The van der Waals surface area contributed by atoms with E-state index in [1.807, 2.05) is 0 Å². The van der Waals surface area contributed by atoms with Crippen molar-refractivity contribution in [3.63, 3.8) is 0 Å². The molecule has 0 spiro atoms. The normalized spacial score (nSPS) is 11.8. The monoisotopic (exact) mass is 364 g/mol. The number of benzene rings is 1. The van der Waals surface area contributed by atoms with Gasteiger partial charge in [0, 0.05) is 6.20 Å². The maximum atomic E-state index is 14.0. The second-order valence-electron chi connectivity index (χ2n) is 5.25. The molecule has 3 rings (SSSR count). The van der Waals surface area contributed by atoms with Crippen LogP contribution in [-0.2, 0) is 23.1 Å². The lowest BCUT2D eigenvalue weighted by atomic mass is 10.3. The third-order valence-electron chi connectivity index (χ3n) is 3.49. The molecule has 25 heavy (non-hydrogen) atoms. The number of rotatable bonds is 6. The van der Waals surface area contributed by atoms with Gasteiger partial charge in [-0.15, -0.1) is 0 Å². The van der Waals surface area contributed by atoms with E-state index in [1.54, 1.807) is 30.3 Å². The largest absolute Gasteiger partial charge is 0.468 e. The lowest BCUT2D eigenvalue weighted by Gasteiger charge is -2.21. The molecule has 2 heterocycles. The molecule has 0 bridgehead atoms. The van der Waals surface area contributed by atoms with Crippen molar-refractivity contribution < 1.29 is 21.6 Å². The average Bonchev–Trinajstić information content (AvgIpc) is 3.10. The number of aromatic nitrogens is 1. The minimum absolute atomic E-state index is 0.111. The van der Waals surface area contributed by atoms with Crippen LogP contribution >= 0.6 is 0 Å². The number of pyridine rings is 1. The van der Waals surface area contributed by atoms with Crippen LogP contribution in [0.25, 0.3) is 0 Å². The van der Waals surface area contributed by atoms with Crippen LogP contribution in [0.3, 0.4) is 0 Å². The summed E-state index contributed by atoms with van der Waals surface area (Å²) < 4.78 is 59.5. The third-order valence-corrected chi connectivity index (χ3v) is 5.29. The standard InChI is InChI=1S/C17H14F2N2O3S/c18-13-6-7-16(19)17(10-13)25(22,23)21(12-15-5-3-9-24-15)11-14-4-1-2-8-20-14/h1-10H,11-12H2. The smallest absolute Gasteiger partial charge is 0.246 e. The van der Waals surface area contributed by atoms with E-state index in [1.165, 1.54) is 12.5 Å². The van der Waals surface area contributed by atoms with Gasteiger partial charge in [-0.1, -0.05) is 6.07 Å². The summed E-state index contributed by atoms with van der Waals surface area (Å²) in [6, 6.07) is 10.6. The lowest BCUT2D eigenvalue weighted by Crippen LogP contribution is -2.31. The first-order valence-electron chi connectivity index (χ1n) is 7.34. The molecule has 5 nitrogen and oxygen atoms in total. The Bertz CT molecular complexity index is 945. The molecule has 0 N–H and O–H groups in total. The quantitative estimate of drug-likeness (QED) is 0.673.